The van der Waals surface area contributed by atoms with Crippen molar-refractivity contribution >= 4 is 0 Å². The molecule has 0 aromatic heterocycles. The van der Waals surface area contributed by atoms with E-state index in [-0.39, 0.29) is 0 Å². The smallest absolute Gasteiger partial charge is 0.0107 e. The first kappa shape index (κ1) is 13.9. The van der Waals surface area contributed by atoms with Crippen LogP contribution in [0.1, 0.15) is 33.1 Å². The zero-order chi connectivity index (χ0) is 11.6. The zero-order valence-corrected chi connectivity index (χ0v) is 11.1. The molecule has 0 radical (unpaired) electrons. The second-order valence-corrected chi connectivity index (χ2v) is 4.57. The Morgan fingerprint density at radius 1 is 0.938 bits per heavy atom. The molecule has 0 aliphatic carbocycles. The SMILES string of the molecule is C1CC(CCN2CCNCC2)CCN1.CC. The highest BCUT2D eigenvalue weighted by Gasteiger charge is 2.15. The largest absolute Gasteiger partial charge is 0.317 e. The molecule has 2 rings (SSSR count). The molecule has 0 spiro atoms. The highest BCUT2D eigenvalue weighted by Crippen LogP contribution is 2.16. The van der Waals surface area contributed by atoms with E-state index in [1.54, 1.807) is 0 Å². The van der Waals surface area contributed by atoms with Crippen LogP contribution >= 0.6 is 0 Å². The van der Waals surface area contributed by atoms with Crippen molar-refractivity contribution in [3.05, 3.63) is 0 Å². The van der Waals surface area contributed by atoms with Crippen LogP contribution in [0, 0.1) is 5.92 Å². The number of nitrogens with zero attached hydrogens (tertiary/aromatic N) is 1. The molecule has 16 heavy (non-hydrogen) atoms. The average Bonchev–Trinajstić information content (AvgIpc) is 2.41. The van der Waals surface area contributed by atoms with Crippen molar-refractivity contribution in [3.8, 4) is 0 Å². The molecule has 0 bridgehead atoms. The Balaban J connectivity index is 0.000000606. The minimum absolute atomic E-state index is 0.992. The molecule has 0 aromatic carbocycles. The van der Waals surface area contributed by atoms with E-state index in [0.717, 1.165) is 5.92 Å². The van der Waals surface area contributed by atoms with E-state index in [9.17, 15) is 0 Å². The molecule has 96 valence electrons. The lowest BCUT2D eigenvalue weighted by Gasteiger charge is -2.30. The van der Waals surface area contributed by atoms with Crippen LogP contribution < -0.4 is 10.6 Å². The van der Waals surface area contributed by atoms with Crippen LogP contribution in [-0.4, -0.2) is 50.7 Å². The van der Waals surface area contributed by atoms with Gasteiger partial charge >= 0.3 is 0 Å². The van der Waals surface area contributed by atoms with Crippen molar-refractivity contribution in [1.82, 2.24) is 15.5 Å². The number of piperazine rings is 1. The lowest BCUT2D eigenvalue weighted by atomic mass is 9.94. The summed E-state index contributed by atoms with van der Waals surface area (Å²) in [5.41, 5.74) is 0. The Bertz CT molecular complexity index is 131. The topological polar surface area (TPSA) is 27.3 Å². The summed E-state index contributed by atoms with van der Waals surface area (Å²) >= 11 is 0. The van der Waals surface area contributed by atoms with Gasteiger partial charge in [-0.05, 0) is 44.8 Å². The summed E-state index contributed by atoms with van der Waals surface area (Å²) in [7, 11) is 0. The first-order valence-electron chi connectivity index (χ1n) is 7.09. The van der Waals surface area contributed by atoms with Gasteiger partial charge < -0.3 is 15.5 Å². The Hall–Kier alpha value is -0.120. The molecule has 0 atom stereocenters. The van der Waals surface area contributed by atoms with Crippen molar-refractivity contribution in [2.45, 2.75) is 33.1 Å². The van der Waals surface area contributed by atoms with Crippen LogP contribution in [0.3, 0.4) is 0 Å². The third-order valence-corrected chi connectivity index (χ3v) is 3.52. The molecule has 2 N–H and O–H groups in total. The fourth-order valence-corrected chi connectivity index (χ4v) is 2.47. The third kappa shape index (κ3) is 5.28. The number of rotatable bonds is 3. The van der Waals surface area contributed by atoms with Gasteiger partial charge in [-0.2, -0.15) is 0 Å². The average molecular weight is 227 g/mol. The first-order valence-corrected chi connectivity index (χ1v) is 7.09. The van der Waals surface area contributed by atoms with Gasteiger partial charge in [0.15, 0.2) is 0 Å². The van der Waals surface area contributed by atoms with Gasteiger partial charge in [-0.15, -0.1) is 0 Å². The maximum atomic E-state index is 3.43. The summed E-state index contributed by atoms with van der Waals surface area (Å²) in [5.74, 6) is 0.992. The molecule has 3 heteroatoms. The fraction of sp³-hybridized carbons (Fsp3) is 1.00. The molecule has 0 amide bonds. The minimum Gasteiger partial charge on any atom is -0.317 e. The predicted octanol–water partition coefficient (Wildman–Crippen LogP) is 1.31. The quantitative estimate of drug-likeness (QED) is 0.761. The summed E-state index contributed by atoms with van der Waals surface area (Å²) < 4.78 is 0. The van der Waals surface area contributed by atoms with Gasteiger partial charge in [-0.1, -0.05) is 13.8 Å². The lowest BCUT2D eigenvalue weighted by Crippen LogP contribution is -2.44. The Kier molecular flexibility index (Phi) is 7.81. The van der Waals surface area contributed by atoms with Gasteiger partial charge in [-0.25, -0.2) is 0 Å². The van der Waals surface area contributed by atoms with Crippen molar-refractivity contribution in [3.63, 3.8) is 0 Å². The summed E-state index contributed by atoms with van der Waals surface area (Å²) in [5, 5.41) is 6.83. The van der Waals surface area contributed by atoms with Crippen LogP contribution in [-0.2, 0) is 0 Å². The number of nitrogens with one attached hydrogen (secondary N) is 2. The Labute approximate surface area is 101 Å². The zero-order valence-electron chi connectivity index (χ0n) is 11.1. The van der Waals surface area contributed by atoms with Crippen molar-refractivity contribution in [2.24, 2.45) is 5.92 Å². The number of piperidine rings is 1. The molecule has 2 heterocycles. The molecular formula is C13H29N3. The van der Waals surface area contributed by atoms with E-state index in [4.69, 9.17) is 0 Å². The van der Waals surface area contributed by atoms with E-state index in [0.29, 0.717) is 0 Å². The van der Waals surface area contributed by atoms with Gasteiger partial charge in [0.1, 0.15) is 0 Å². The Morgan fingerprint density at radius 2 is 1.50 bits per heavy atom. The van der Waals surface area contributed by atoms with E-state index in [1.165, 1.54) is 65.1 Å². The van der Waals surface area contributed by atoms with Gasteiger partial charge in [0, 0.05) is 26.2 Å². The van der Waals surface area contributed by atoms with E-state index < -0.39 is 0 Å². The van der Waals surface area contributed by atoms with E-state index >= 15 is 0 Å². The monoisotopic (exact) mass is 227 g/mol. The van der Waals surface area contributed by atoms with Crippen LogP contribution in [0.2, 0.25) is 0 Å². The summed E-state index contributed by atoms with van der Waals surface area (Å²) in [6.07, 6.45) is 4.21. The summed E-state index contributed by atoms with van der Waals surface area (Å²) in [6, 6.07) is 0. The molecule has 2 saturated heterocycles. The normalized spacial score (nSPS) is 23.6. The van der Waals surface area contributed by atoms with Gasteiger partial charge in [0.2, 0.25) is 0 Å². The van der Waals surface area contributed by atoms with Crippen LogP contribution in [0.15, 0.2) is 0 Å². The molecule has 3 nitrogen and oxygen atoms in total. The van der Waals surface area contributed by atoms with Crippen LogP contribution in [0.5, 0.6) is 0 Å². The third-order valence-electron chi connectivity index (χ3n) is 3.52. The molecule has 0 saturated carbocycles. The fourth-order valence-electron chi connectivity index (χ4n) is 2.47. The Morgan fingerprint density at radius 3 is 2.12 bits per heavy atom. The molecule has 0 aromatic rings. The lowest BCUT2D eigenvalue weighted by molar-refractivity contribution is 0.213. The maximum Gasteiger partial charge on any atom is 0.0107 e. The highest BCUT2D eigenvalue weighted by atomic mass is 15.2. The molecule has 0 unspecified atom stereocenters. The summed E-state index contributed by atoms with van der Waals surface area (Å²) in [4.78, 5) is 2.61. The van der Waals surface area contributed by atoms with E-state index in [2.05, 4.69) is 15.5 Å². The van der Waals surface area contributed by atoms with E-state index in [1.807, 2.05) is 13.8 Å². The maximum absolute atomic E-state index is 3.43. The molecular weight excluding hydrogens is 198 g/mol. The second kappa shape index (κ2) is 8.97. The molecule has 2 aliphatic rings. The summed E-state index contributed by atoms with van der Waals surface area (Å²) in [6.45, 7) is 12.7. The highest BCUT2D eigenvalue weighted by molar-refractivity contribution is 4.72. The van der Waals surface area contributed by atoms with Gasteiger partial charge in [0.25, 0.3) is 0 Å². The van der Waals surface area contributed by atoms with Crippen molar-refractivity contribution in [2.75, 3.05) is 45.8 Å². The van der Waals surface area contributed by atoms with Crippen molar-refractivity contribution in [1.29, 1.82) is 0 Å². The number of hydrogen-bond donors (Lipinski definition) is 2. The molecule has 2 aliphatic heterocycles. The molecule has 2 fully saturated rings. The number of hydrogen-bond acceptors (Lipinski definition) is 3. The van der Waals surface area contributed by atoms with Crippen molar-refractivity contribution < 1.29 is 0 Å². The van der Waals surface area contributed by atoms with Crippen LogP contribution in [0.4, 0.5) is 0 Å². The second-order valence-electron chi connectivity index (χ2n) is 4.57. The van der Waals surface area contributed by atoms with Gasteiger partial charge in [-0.3, -0.25) is 0 Å². The first-order chi connectivity index (χ1) is 7.95. The minimum atomic E-state index is 0.992. The predicted molar refractivity (Wildman–Crippen MR) is 70.9 cm³/mol. The van der Waals surface area contributed by atoms with Crippen LogP contribution in [0.25, 0.3) is 0 Å². The van der Waals surface area contributed by atoms with Gasteiger partial charge in [0.05, 0.1) is 0 Å². The standard InChI is InChI=1S/C11H23N3.C2H6/c1-4-12-5-2-11(1)3-8-14-9-6-13-7-10-14;1-2/h11-13H,1-10H2;1-2H3.